The smallest absolute Gasteiger partial charge is 0.171 e. The van der Waals surface area contributed by atoms with Crippen LogP contribution in [0.15, 0.2) is 36.9 Å². The molecule has 0 saturated carbocycles. The Bertz CT molecular complexity index is 725. The van der Waals surface area contributed by atoms with Crippen LogP contribution in [0.3, 0.4) is 0 Å². The molecule has 0 atom stereocenters. The summed E-state index contributed by atoms with van der Waals surface area (Å²) in [5.74, 6) is 0. The van der Waals surface area contributed by atoms with Gasteiger partial charge in [-0.15, -0.1) is 0 Å². The van der Waals surface area contributed by atoms with E-state index in [0.717, 1.165) is 0 Å². The molecule has 0 radical (unpaired) electrons. The number of rotatable bonds is 16. The molecule has 34 heavy (non-hydrogen) atoms. The van der Waals surface area contributed by atoms with Crippen LogP contribution in [0.25, 0.3) is 0 Å². The molecule has 2 nitrogen and oxygen atoms in total. The molecule has 2 aromatic rings. The summed E-state index contributed by atoms with van der Waals surface area (Å²) < 4.78 is 4.69. The van der Waals surface area contributed by atoms with Crippen molar-refractivity contribution < 1.29 is 9.13 Å². The van der Waals surface area contributed by atoms with E-state index in [0.29, 0.717) is 0 Å². The largest absolute Gasteiger partial charge is 0.205 e. The van der Waals surface area contributed by atoms with Crippen LogP contribution in [-0.4, -0.2) is 0 Å². The quantitative estimate of drug-likeness (QED) is 0.172. The van der Waals surface area contributed by atoms with Crippen LogP contribution >= 0.6 is 0 Å². The van der Waals surface area contributed by atoms with Crippen LogP contribution < -0.4 is 9.13 Å². The van der Waals surface area contributed by atoms with Gasteiger partial charge in [0.15, 0.2) is 24.8 Å². The summed E-state index contributed by atoms with van der Waals surface area (Å²) >= 11 is 0. The van der Waals surface area contributed by atoms with Gasteiger partial charge in [-0.05, 0) is 52.7 Å². The molecule has 0 aromatic carbocycles. The van der Waals surface area contributed by atoms with Crippen molar-refractivity contribution in [3.63, 3.8) is 0 Å². The standard InChI is InChI=1S/C17H30N.C15H26N/c1-4-5-6-7-8-9-10-11-12-18-14-16(2)13-17(3)15-18;1-4-5-6-7-8-9-10-16-12-14(2)11-15(3)13-16/h13-15H,4-12H2,1-3H3;11-13H,4-10H2,1-3H3/q2*+1. The lowest BCUT2D eigenvalue weighted by atomic mass is 10.1. The molecular weight excluding hydrogens is 412 g/mol. The van der Waals surface area contributed by atoms with Gasteiger partial charge in [0.2, 0.25) is 0 Å². The second-order valence-electron chi connectivity index (χ2n) is 10.5. The number of hydrogen-bond donors (Lipinski definition) is 0. The van der Waals surface area contributed by atoms with Gasteiger partial charge in [-0.1, -0.05) is 78.1 Å². The van der Waals surface area contributed by atoms with E-state index in [4.69, 9.17) is 0 Å². The van der Waals surface area contributed by atoms with E-state index in [1.807, 2.05) is 0 Å². The Morgan fingerprint density at radius 1 is 0.412 bits per heavy atom. The van der Waals surface area contributed by atoms with Crippen LogP contribution in [0.1, 0.15) is 126 Å². The highest BCUT2D eigenvalue weighted by Gasteiger charge is 2.03. The molecule has 2 heterocycles. The number of aryl methyl sites for hydroxylation is 6. The zero-order chi connectivity index (χ0) is 25.0. The Balaban J connectivity index is 0.000000342. The van der Waals surface area contributed by atoms with Crippen LogP contribution in [0.2, 0.25) is 0 Å². The van der Waals surface area contributed by atoms with Crippen molar-refractivity contribution in [2.24, 2.45) is 0 Å². The normalized spacial score (nSPS) is 10.8. The lowest BCUT2D eigenvalue weighted by Crippen LogP contribution is -2.33. The first-order valence-electron chi connectivity index (χ1n) is 14.4. The molecule has 0 spiro atoms. The first-order valence-corrected chi connectivity index (χ1v) is 14.4. The number of nitrogens with zero attached hydrogens (tertiary/aromatic N) is 2. The summed E-state index contributed by atoms with van der Waals surface area (Å²) in [6, 6.07) is 4.47. The lowest BCUT2D eigenvalue weighted by Gasteiger charge is -2.01. The molecular formula is C32H56N2+2. The van der Waals surface area contributed by atoms with Crippen LogP contribution in [-0.2, 0) is 13.1 Å². The Morgan fingerprint density at radius 2 is 0.676 bits per heavy atom. The summed E-state index contributed by atoms with van der Waals surface area (Å²) in [6.07, 6.45) is 28.4. The van der Waals surface area contributed by atoms with Crippen LogP contribution in [0.5, 0.6) is 0 Å². The van der Waals surface area contributed by atoms with Gasteiger partial charge in [0.25, 0.3) is 0 Å². The van der Waals surface area contributed by atoms with Crippen molar-refractivity contribution >= 4 is 0 Å². The third kappa shape index (κ3) is 16.0. The number of pyridine rings is 2. The van der Waals surface area contributed by atoms with E-state index >= 15 is 0 Å². The third-order valence-corrected chi connectivity index (χ3v) is 6.43. The van der Waals surface area contributed by atoms with Gasteiger partial charge in [-0.3, -0.25) is 0 Å². The summed E-state index contributed by atoms with van der Waals surface area (Å²) in [6.45, 7) is 15.6. The number of aromatic nitrogens is 2. The van der Waals surface area contributed by atoms with Crippen molar-refractivity contribution in [1.82, 2.24) is 0 Å². The maximum absolute atomic E-state index is 2.35. The molecule has 0 bridgehead atoms. The molecule has 0 amide bonds. The fraction of sp³-hybridized carbons (Fsp3) is 0.688. The number of hydrogen-bond acceptors (Lipinski definition) is 0. The van der Waals surface area contributed by atoms with Crippen molar-refractivity contribution in [3.05, 3.63) is 59.2 Å². The molecule has 192 valence electrons. The highest BCUT2D eigenvalue weighted by atomic mass is 14.9. The first-order chi connectivity index (χ1) is 16.4. The molecule has 0 unspecified atom stereocenters. The van der Waals surface area contributed by atoms with Crippen molar-refractivity contribution in [2.45, 2.75) is 145 Å². The van der Waals surface area contributed by atoms with Gasteiger partial charge < -0.3 is 0 Å². The first kappa shape index (κ1) is 30.3. The Morgan fingerprint density at radius 3 is 0.971 bits per heavy atom. The van der Waals surface area contributed by atoms with Gasteiger partial charge in [-0.25, -0.2) is 9.13 Å². The molecule has 0 N–H and O–H groups in total. The summed E-state index contributed by atoms with van der Waals surface area (Å²) in [4.78, 5) is 0. The predicted molar refractivity (Wildman–Crippen MR) is 148 cm³/mol. The minimum absolute atomic E-state index is 1.18. The topological polar surface area (TPSA) is 7.76 Å². The van der Waals surface area contributed by atoms with E-state index < -0.39 is 0 Å². The minimum atomic E-state index is 1.18. The molecule has 0 aliphatic heterocycles. The second-order valence-corrected chi connectivity index (χ2v) is 10.5. The predicted octanol–water partition coefficient (Wildman–Crippen LogP) is 8.68. The summed E-state index contributed by atoms with van der Waals surface area (Å²) in [5.41, 5.74) is 5.47. The molecule has 0 fully saturated rings. The summed E-state index contributed by atoms with van der Waals surface area (Å²) in [7, 11) is 0. The van der Waals surface area contributed by atoms with Crippen molar-refractivity contribution in [3.8, 4) is 0 Å². The van der Waals surface area contributed by atoms with E-state index in [1.165, 1.54) is 125 Å². The molecule has 0 saturated heterocycles. The molecule has 2 rings (SSSR count). The molecule has 0 aliphatic rings. The lowest BCUT2D eigenvalue weighted by molar-refractivity contribution is -0.698. The maximum atomic E-state index is 2.35. The zero-order valence-corrected chi connectivity index (χ0v) is 23.7. The van der Waals surface area contributed by atoms with Gasteiger partial charge in [0, 0.05) is 35.1 Å². The zero-order valence-electron chi connectivity index (χ0n) is 23.7. The minimum Gasteiger partial charge on any atom is -0.205 e. The highest BCUT2D eigenvalue weighted by molar-refractivity contribution is 5.11. The molecule has 0 aliphatic carbocycles. The molecule has 2 heteroatoms. The van der Waals surface area contributed by atoms with Gasteiger partial charge in [0.05, 0.1) is 0 Å². The third-order valence-electron chi connectivity index (χ3n) is 6.43. The van der Waals surface area contributed by atoms with Crippen LogP contribution in [0.4, 0.5) is 0 Å². The van der Waals surface area contributed by atoms with Gasteiger partial charge in [0.1, 0.15) is 13.1 Å². The SMILES string of the molecule is CCCCCCCCCC[n+]1cc(C)cc(C)c1.CCCCCCCC[n+]1cc(C)cc(C)c1. The Hall–Kier alpha value is -1.70. The fourth-order valence-electron chi connectivity index (χ4n) is 4.75. The molecule has 2 aromatic heterocycles. The fourth-order valence-corrected chi connectivity index (χ4v) is 4.75. The van der Waals surface area contributed by atoms with Crippen LogP contribution in [0, 0.1) is 27.7 Å². The summed E-state index contributed by atoms with van der Waals surface area (Å²) in [5, 5.41) is 0. The van der Waals surface area contributed by atoms with Gasteiger partial charge >= 0.3 is 0 Å². The number of unbranched alkanes of at least 4 members (excludes halogenated alkanes) is 12. The monoisotopic (exact) mass is 468 g/mol. The average molecular weight is 469 g/mol. The average Bonchev–Trinajstić information content (AvgIpc) is 2.77. The second kappa shape index (κ2) is 19.6. The Kier molecular flexibility index (Phi) is 17.5. The maximum Gasteiger partial charge on any atom is 0.171 e. The Labute approximate surface area is 212 Å². The van der Waals surface area contributed by atoms with Gasteiger partial charge in [-0.2, -0.15) is 0 Å². The van der Waals surface area contributed by atoms with E-state index in [1.54, 1.807) is 0 Å². The van der Waals surface area contributed by atoms with E-state index in [-0.39, 0.29) is 0 Å². The highest BCUT2D eigenvalue weighted by Crippen LogP contribution is 2.08. The van der Waals surface area contributed by atoms with Crippen molar-refractivity contribution in [2.75, 3.05) is 0 Å². The van der Waals surface area contributed by atoms with Crippen molar-refractivity contribution in [1.29, 1.82) is 0 Å². The van der Waals surface area contributed by atoms with E-state index in [2.05, 4.69) is 87.6 Å². The van der Waals surface area contributed by atoms with E-state index in [9.17, 15) is 0 Å².